The molecule has 1 aliphatic carbocycles. The minimum Gasteiger partial charge on any atom is -0.326 e. The number of amides is 1. The fraction of sp³-hybridized carbons (Fsp3) is 0.900. The highest BCUT2D eigenvalue weighted by atomic mass is 32.2. The predicted molar refractivity (Wildman–Crippen MR) is 60.6 cm³/mol. The van der Waals surface area contributed by atoms with Gasteiger partial charge in [-0.15, -0.1) is 0 Å². The molecule has 2 aliphatic rings. The van der Waals surface area contributed by atoms with Crippen molar-refractivity contribution in [3.8, 4) is 0 Å². The third-order valence-electron chi connectivity index (χ3n) is 3.29. The number of hydrogen-bond donors (Lipinski definition) is 1. The lowest BCUT2D eigenvalue weighted by Gasteiger charge is -2.20. The van der Waals surface area contributed by atoms with Gasteiger partial charge in [0.1, 0.15) is 9.84 Å². The van der Waals surface area contributed by atoms with Crippen molar-refractivity contribution >= 4 is 15.7 Å². The Morgan fingerprint density at radius 1 is 1.50 bits per heavy atom. The summed E-state index contributed by atoms with van der Waals surface area (Å²) in [6.07, 6.45) is 3.61. The van der Waals surface area contributed by atoms with Gasteiger partial charge in [-0.3, -0.25) is 10.1 Å². The molecule has 1 heterocycles. The SMILES string of the molecule is CC1NC2(CC2)C(=O)N1CCCS(C)(=O)=O. The van der Waals surface area contributed by atoms with Gasteiger partial charge in [-0.25, -0.2) is 8.42 Å². The number of carbonyl (C=O) groups excluding carboxylic acids is 1. The van der Waals surface area contributed by atoms with E-state index in [9.17, 15) is 13.2 Å². The van der Waals surface area contributed by atoms with Gasteiger partial charge in [0, 0.05) is 12.8 Å². The summed E-state index contributed by atoms with van der Waals surface area (Å²) in [5.41, 5.74) is -0.287. The highest BCUT2D eigenvalue weighted by molar-refractivity contribution is 7.90. The zero-order chi connectivity index (χ0) is 12.0. The predicted octanol–water partition coefficient (Wildman–Crippen LogP) is -0.268. The number of sulfone groups is 1. The number of nitrogens with one attached hydrogen (secondary N) is 1. The molecule has 0 radical (unpaired) electrons. The fourth-order valence-corrected chi connectivity index (χ4v) is 2.92. The lowest BCUT2D eigenvalue weighted by atomic mass is 10.3. The minimum atomic E-state index is -2.92. The van der Waals surface area contributed by atoms with Gasteiger partial charge >= 0.3 is 0 Å². The highest BCUT2D eigenvalue weighted by Crippen LogP contribution is 2.41. The molecule has 16 heavy (non-hydrogen) atoms. The number of hydrogen-bond acceptors (Lipinski definition) is 4. The Morgan fingerprint density at radius 2 is 2.12 bits per heavy atom. The van der Waals surface area contributed by atoms with E-state index in [1.807, 2.05) is 6.92 Å². The first kappa shape index (κ1) is 11.9. The van der Waals surface area contributed by atoms with Crippen molar-refractivity contribution in [3.05, 3.63) is 0 Å². The standard InChI is InChI=1S/C10H18N2O3S/c1-8-11-10(4-5-10)9(13)12(8)6-3-7-16(2,14)15/h8,11H,3-7H2,1-2H3. The molecule has 0 aromatic carbocycles. The molecule has 6 heteroatoms. The normalized spacial score (nSPS) is 27.8. The first-order valence-electron chi connectivity index (χ1n) is 5.61. The second kappa shape index (κ2) is 3.70. The Morgan fingerprint density at radius 3 is 2.56 bits per heavy atom. The molecule has 1 aliphatic heterocycles. The van der Waals surface area contributed by atoms with E-state index in [0.717, 1.165) is 12.8 Å². The Bertz CT molecular complexity index is 400. The van der Waals surface area contributed by atoms with Gasteiger partial charge in [-0.2, -0.15) is 0 Å². The molecular weight excluding hydrogens is 228 g/mol. The van der Waals surface area contributed by atoms with Crippen LogP contribution in [-0.4, -0.2) is 49.5 Å². The van der Waals surface area contributed by atoms with Crippen molar-refractivity contribution < 1.29 is 13.2 Å². The Hall–Kier alpha value is -0.620. The minimum absolute atomic E-state index is 0.0366. The maximum atomic E-state index is 12.0. The molecule has 0 aromatic rings. The average Bonchev–Trinajstić information content (AvgIpc) is 2.86. The molecule has 0 bridgehead atoms. The number of carbonyl (C=O) groups is 1. The quantitative estimate of drug-likeness (QED) is 0.741. The summed E-state index contributed by atoms with van der Waals surface area (Å²) < 4.78 is 22.0. The molecule has 0 aromatic heterocycles. The van der Waals surface area contributed by atoms with Crippen LogP contribution in [-0.2, 0) is 14.6 Å². The van der Waals surface area contributed by atoms with Crippen LogP contribution >= 0.6 is 0 Å². The summed E-state index contributed by atoms with van der Waals surface area (Å²) in [7, 11) is -2.92. The summed E-state index contributed by atoms with van der Waals surface area (Å²) >= 11 is 0. The van der Waals surface area contributed by atoms with Gasteiger partial charge in [-0.1, -0.05) is 0 Å². The Kier molecular flexibility index (Phi) is 2.74. The molecule has 1 N–H and O–H groups in total. The van der Waals surface area contributed by atoms with Crippen LogP contribution in [0.5, 0.6) is 0 Å². The van der Waals surface area contributed by atoms with Gasteiger partial charge in [0.05, 0.1) is 17.5 Å². The van der Waals surface area contributed by atoms with E-state index >= 15 is 0 Å². The molecule has 2 rings (SSSR count). The summed E-state index contributed by atoms with van der Waals surface area (Å²) in [5.74, 6) is 0.296. The van der Waals surface area contributed by atoms with Crippen LogP contribution in [0.3, 0.4) is 0 Å². The maximum absolute atomic E-state index is 12.0. The first-order valence-corrected chi connectivity index (χ1v) is 7.67. The molecule has 1 amide bonds. The van der Waals surface area contributed by atoms with Crippen LogP contribution in [0, 0.1) is 0 Å². The molecule has 2 fully saturated rings. The third kappa shape index (κ3) is 2.22. The summed E-state index contributed by atoms with van der Waals surface area (Å²) in [6.45, 7) is 2.48. The van der Waals surface area contributed by atoms with Gasteiger partial charge in [0.15, 0.2) is 0 Å². The second-order valence-corrected chi connectivity index (χ2v) is 7.14. The largest absolute Gasteiger partial charge is 0.326 e. The summed E-state index contributed by atoms with van der Waals surface area (Å²) in [5, 5.41) is 3.28. The molecule has 5 nitrogen and oxygen atoms in total. The highest BCUT2D eigenvalue weighted by Gasteiger charge is 2.57. The molecular formula is C10H18N2O3S. The van der Waals surface area contributed by atoms with E-state index in [4.69, 9.17) is 0 Å². The van der Waals surface area contributed by atoms with E-state index in [-0.39, 0.29) is 23.4 Å². The van der Waals surface area contributed by atoms with E-state index in [1.54, 1.807) is 4.90 Å². The number of rotatable bonds is 4. The van der Waals surface area contributed by atoms with E-state index in [0.29, 0.717) is 13.0 Å². The molecule has 1 atom stereocenters. The zero-order valence-electron chi connectivity index (χ0n) is 9.69. The van der Waals surface area contributed by atoms with Crippen LogP contribution in [0.2, 0.25) is 0 Å². The Balaban J connectivity index is 1.88. The average molecular weight is 246 g/mol. The smallest absolute Gasteiger partial charge is 0.244 e. The van der Waals surface area contributed by atoms with Gasteiger partial charge in [0.2, 0.25) is 5.91 Å². The molecule has 1 saturated carbocycles. The topological polar surface area (TPSA) is 66.5 Å². The number of nitrogens with zero attached hydrogens (tertiary/aromatic N) is 1. The van der Waals surface area contributed by atoms with E-state index in [1.165, 1.54) is 6.26 Å². The van der Waals surface area contributed by atoms with Gasteiger partial charge < -0.3 is 4.90 Å². The molecule has 1 spiro atoms. The van der Waals surface area contributed by atoms with Crippen LogP contribution in [0.4, 0.5) is 0 Å². The molecule has 1 saturated heterocycles. The summed E-state index contributed by atoms with van der Waals surface area (Å²) in [4.78, 5) is 13.7. The van der Waals surface area contributed by atoms with Crippen molar-refractivity contribution in [1.82, 2.24) is 10.2 Å². The maximum Gasteiger partial charge on any atom is 0.244 e. The van der Waals surface area contributed by atoms with Crippen molar-refractivity contribution in [2.24, 2.45) is 0 Å². The first-order chi connectivity index (χ1) is 7.34. The monoisotopic (exact) mass is 246 g/mol. The van der Waals surface area contributed by atoms with Crippen LogP contribution in [0.25, 0.3) is 0 Å². The fourth-order valence-electron chi connectivity index (χ4n) is 2.27. The van der Waals surface area contributed by atoms with Crippen LogP contribution in [0.15, 0.2) is 0 Å². The van der Waals surface area contributed by atoms with Crippen molar-refractivity contribution in [2.75, 3.05) is 18.6 Å². The second-order valence-electron chi connectivity index (χ2n) is 4.88. The van der Waals surface area contributed by atoms with E-state index in [2.05, 4.69) is 5.32 Å². The van der Waals surface area contributed by atoms with E-state index < -0.39 is 9.84 Å². The van der Waals surface area contributed by atoms with Crippen LogP contribution < -0.4 is 5.32 Å². The molecule has 1 unspecified atom stereocenters. The van der Waals surface area contributed by atoms with Crippen molar-refractivity contribution in [1.29, 1.82) is 0 Å². The zero-order valence-corrected chi connectivity index (χ0v) is 10.5. The van der Waals surface area contributed by atoms with Gasteiger partial charge in [0.25, 0.3) is 0 Å². The third-order valence-corrected chi connectivity index (χ3v) is 4.32. The lowest BCUT2D eigenvalue weighted by molar-refractivity contribution is -0.130. The van der Waals surface area contributed by atoms with Crippen molar-refractivity contribution in [3.63, 3.8) is 0 Å². The lowest BCUT2D eigenvalue weighted by Crippen LogP contribution is -2.36. The van der Waals surface area contributed by atoms with Crippen LogP contribution in [0.1, 0.15) is 26.2 Å². The van der Waals surface area contributed by atoms with Gasteiger partial charge in [-0.05, 0) is 26.2 Å². The Labute approximate surface area is 96.1 Å². The molecule has 92 valence electrons. The van der Waals surface area contributed by atoms with Crippen molar-refractivity contribution in [2.45, 2.75) is 37.9 Å². The summed E-state index contributed by atoms with van der Waals surface area (Å²) in [6, 6.07) is 0.